The molecule has 7 heteroatoms. The summed E-state index contributed by atoms with van der Waals surface area (Å²) in [5.74, 6) is -0.929. The minimum atomic E-state index is -0.929. The summed E-state index contributed by atoms with van der Waals surface area (Å²) in [4.78, 5) is 13.3. The molecule has 0 unspecified atom stereocenters. The number of aromatic carboxylic acids is 1. The lowest BCUT2D eigenvalue weighted by Gasteiger charge is -2.06. The Bertz CT molecular complexity index is 1210. The van der Waals surface area contributed by atoms with Crippen LogP contribution in [0.5, 0.6) is 0 Å². The Kier molecular flexibility index (Phi) is 5.39. The van der Waals surface area contributed by atoms with Crippen LogP contribution in [0.3, 0.4) is 0 Å². The van der Waals surface area contributed by atoms with E-state index < -0.39 is 5.97 Å². The monoisotopic (exact) mass is 425 g/mol. The van der Waals surface area contributed by atoms with E-state index in [1.807, 2.05) is 41.3 Å². The fourth-order valence-corrected chi connectivity index (χ4v) is 4.71. The van der Waals surface area contributed by atoms with E-state index in [0.717, 1.165) is 45.0 Å². The van der Waals surface area contributed by atoms with Crippen molar-refractivity contribution >= 4 is 40.2 Å². The molecule has 148 valence electrons. The van der Waals surface area contributed by atoms with Gasteiger partial charge in [0.25, 0.3) is 0 Å². The molecule has 0 saturated heterocycles. The Morgan fingerprint density at radius 2 is 2.07 bits per heavy atom. The van der Waals surface area contributed by atoms with Crippen molar-refractivity contribution in [1.29, 1.82) is 0 Å². The first-order chi connectivity index (χ1) is 14.0. The van der Waals surface area contributed by atoms with E-state index in [0.29, 0.717) is 5.02 Å². The molecular formula is C22H20ClN3O2S. The van der Waals surface area contributed by atoms with Crippen LogP contribution in [0.25, 0.3) is 16.6 Å². The summed E-state index contributed by atoms with van der Waals surface area (Å²) in [7, 11) is 0. The summed E-state index contributed by atoms with van der Waals surface area (Å²) in [5.41, 5.74) is 3.32. The molecule has 4 rings (SSSR count). The predicted octanol–water partition coefficient (Wildman–Crippen LogP) is 6.05. The molecule has 0 spiro atoms. The van der Waals surface area contributed by atoms with Gasteiger partial charge >= 0.3 is 5.97 Å². The summed E-state index contributed by atoms with van der Waals surface area (Å²) in [6, 6.07) is 12.8. The average molecular weight is 426 g/mol. The van der Waals surface area contributed by atoms with Gasteiger partial charge in [0, 0.05) is 38.6 Å². The molecule has 2 heterocycles. The van der Waals surface area contributed by atoms with Crippen molar-refractivity contribution in [3.8, 4) is 5.69 Å². The number of rotatable bonds is 6. The highest BCUT2D eigenvalue weighted by molar-refractivity contribution is 7.99. The van der Waals surface area contributed by atoms with Crippen molar-refractivity contribution in [1.82, 2.24) is 14.3 Å². The number of aromatic nitrogens is 3. The van der Waals surface area contributed by atoms with Gasteiger partial charge in [-0.25, -0.2) is 4.79 Å². The summed E-state index contributed by atoms with van der Waals surface area (Å²) < 4.78 is 4.10. The van der Waals surface area contributed by atoms with Gasteiger partial charge in [-0.3, -0.25) is 4.68 Å². The van der Waals surface area contributed by atoms with Crippen LogP contribution in [0, 0.1) is 6.92 Å². The molecule has 4 aromatic rings. The molecule has 1 N–H and O–H groups in total. The van der Waals surface area contributed by atoms with Crippen LogP contribution >= 0.6 is 23.4 Å². The maximum Gasteiger partial charge on any atom is 0.335 e. The van der Waals surface area contributed by atoms with Crippen LogP contribution < -0.4 is 0 Å². The number of benzene rings is 2. The van der Waals surface area contributed by atoms with Crippen molar-refractivity contribution in [2.75, 3.05) is 0 Å². The average Bonchev–Trinajstić information content (AvgIpc) is 3.25. The number of nitrogens with zero attached hydrogens (tertiary/aromatic N) is 3. The topological polar surface area (TPSA) is 60.0 Å². The first kappa shape index (κ1) is 19.6. The first-order valence-corrected chi connectivity index (χ1v) is 10.5. The molecule has 0 amide bonds. The second-order valence-electron chi connectivity index (χ2n) is 6.81. The number of carboxylic acid groups (broad SMARTS) is 1. The molecule has 0 saturated carbocycles. The van der Waals surface area contributed by atoms with E-state index in [9.17, 15) is 9.90 Å². The van der Waals surface area contributed by atoms with Crippen LogP contribution in [-0.2, 0) is 6.54 Å². The smallest absolute Gasteiger partial charge is 0.335 e. The molecule has 0 aliphatic rings. The molecule has 2 aromatic carbocycles. The van der Waals surface area contributed by atoms with Crippen molar-refractivity contribution in [2.45, 2.75) is 36.6 Å². The molecule has 0 fully saturated rings. The van der Waals surface area contributed by atoms with Crippen LogP contribution in [0.2, 0.25) is 5.02 Å². The highest BCUT2D eigenvalue weighted by Gasteiger charge is 2.18. The minimum Gasteiger partial charge on any atom is -0.478 e. The Morgan fingerprint density at radius 1 is 1.24 bits per heavy atom. The zero-order valence-electron chi connectivity index (χ0n) is 16.1. The predicted molar refractivity (Wildman–Crippen MR) is 117 cm³/mol. The van der Waals surface area contributed by atoms with Crippen LogP contribution in [0.1, 0.15) is 29.4 Å². The fraction of sp³-hybridized carbons (Fsp3) is 0.182. The normalized spacial score (nSPS) is 11.3. The van der Waals surface area contributed by atoms with Crippen molar-refractivity contribution in [2.24, 2.45) is 0 Å². The van der Waals surface area contributed by atoms with E-state index in [1.54, 1.807) is 30.0 Å². The Labute approximate surface area is 177 Å². The number of aryl methyl sites for hydroxylation is 1. The maximum absolute atomic E-state index is 11.3. The van der Waals surface area contributed by atoms with Gasteiger partial charge < -0.3 is 9.67 Å². The lowest BCUT2D eigenvalue weighted by molar-refractivity contribution is 0.0696. The van der Waals surface area contributed by atoms with Crippen LogP contribution in [0.15, 0.2) is 64.6 Å². The van der Waals surface area contributed by atoms with Gasteiger partial charge in [0.1, 0.15) is 0 Å². The second kappa shape index (κ2) is 7.97. The molecule has 0 aliphatic carbocycles. The highest BCUT2D eigenvalue weighted by Crippen LogP contribution is 2.40. The summed E-state index contributed by atoms with van der Waals surface area (Å²) in [5, 5.41) is 15.5. The van der Waals surface area contributed by atoms with Gasteiger partial charge in [-0.2, -0.15) is 5.10 Å². The molecule has 0 radical (unpaired) electrons. The standard InChI is InChI=1S/C22H20ClN3O2S/c1-3-9-25-13-17(12-24-25)26-14(2)21(19-8-7-16(23)11-20(19)26)29-18-6-4-5-15(10-18)22(27)28/h4-8,10-13H,3,9H2,1-2H3,(H,27,28). The van der Waals surface area contributed by atoms with Crippen molar-refractivity contribution < 1.29 is 9.90 Å². The van der Waals surface area contributed by atoms with Gasteiger partial charge in [-0.15, -0.1) is 0 Å². The second-order valence-corrected chi connectivity index (χ2v) is 8.33. The molecule has 2 aromatic heterocycles. The zero-order chi connectivity index (χ0) is 20.5. The number of carboxylic acids is 1. The van der Waals surface area contributed by atoms with Crippen LogP contribution in [-0.4, -0.2) is 25.4 Å². The van der Waals surface area contributed by atoms with Gasteiger partial charge in [-0.05, 0) is 43.7 Å². The Balaban J connectivity index is 1.85. The SMILES string of the molecule is CCCn1cc(-n2c(C)c(Sc3cccc(C(=O)O)c3)c3ccc(Cl)cc32)cn1. The van der Waals surface area contributed by atoms with E-state index in [1.165, 1.54) is 0 Å². The van der Waals surface area contributed by atoms with Gasteiger partial charge in [0.05, 0.1) is 23.0 Å². The number of hydrogen-bond acceptors (Lipinski definition) is 3. The lowest BCUT2D eigenvalue weighted by atomic mass is 10.2. The third kappa shape index (κ3) is 3.78. The van der Waals surface area contributed by atoms with E-state index >= 15 is 0 Å². The van der Waals surface area contributed by atoms with Gasteiger partial charge in [0.2, 0.25) is 0 Å². The van der Waals surface area contributed by atoms with E-state index in [2.05, 4.69) is 23.5 Å². The third-order valence-corrected chi connectivity index (χ3v) is 6.18. The fourth-order valence-electron chi connectivity index (χ4n) is 3.45. The quantitative estimate of drug-likeness (QED) is 0.408. The summed E-state index contributed by atoms with van der Waals surface area (Å²) in [6.45, 7) is 5.05. The number of fused-ring (bicyclic) bond motifs is 1. The highest BCUT2D eigenvalue weighted by atomic mass is 35.5. The molecular weight excluding hydrogens is 406 g/mol. The molecule has 29 heavy (non-hydrogen) atoms. The molecule has 0 bridgehead atoms. The largest absolute Gasteiger partial charge is 0.478 e. The minimum absolute atomic E-state index is 0.278. The number of hydrogen-bond donors (Lipinski definition) is 1. The summed E-state index contributed by atoms with van der Waals surface area (Å²) in [6.07, 6.45) is 4.91. The number of carbonyl (C=O) groups is 1. The Morgan fingerprint density at radius 3 is 2.83 bits per heavy atom. The number of halogens is 1. The van der Waals surface area contributed by atoms with Gasteiger partial charge in [0.15, 0.2) is 0 Å². The summed E-state index contributed by atoms with van der Waals surface area (Å²) >= 11 is 7.86. The lowest BCUT2D eigenvalue weighted by Crippen LogP contribution is -1.97. The van der Waals surface area contributed by atoms with E-state index in [4.69, 9.17) is 11.6 Å². The van der Waals surface area contributed by atoms with Crippen LogP contribution in [0.4, 0.5) is 0 Å². The Hall–Kier alpha value is -2.70. The third-order valence-electron chi connectivity index (χ3n) is 4.74. The van der Waals surface area contributed by atoms with Crippen molar-refractivity contribution in [3.05, 3.63) is 71.1 Å². The molecule has 5 nitrogen and oxygen atoms in total. The zero-order valence-corrected chi connectivity index (χ0v) is 17.7. The molecule has 0 atom stereocenters. The van der Waals surface area contributed by atoms with Crippen molar-refractivity contribution in [3.63, 3.8) is 0 Å². The molecule has 0 aliphatic heterocycles. The maximum atomic E-state index is 11.3. The van der Waals surface area contributed by atoms with Gasteiger partial charge in [-0.1, -0.05) is 42.4 Å². The van der Waals surface area contributed by atoms with E-state index in [-0.39, 0.29) is 5.56 Å². The first-order valence-electron chi connectivity index (χ1n) is 9.32.